The number of fused-ring (bicyclic) bond motifs is 1. The maximum atomic E-state index is 12.3. The highest BCUT2D eigenvalue weighted by atomic mass is 32.2. The average Bonchev–Trinajstić information content (AvgIpc) is 2.74. The largest absolute Gasteiger partial charge is 0.381 e. The highest BCUT2D eigenvalue weighted by Gasteiger charge is 2.42. The summed E-state index contributed by atoms with van der Waals surface area (Å²) in [5, 5.41) is 0. The molecule has 0 aromatic heterocycles. The Kier molecular flexibility index (Phi) is 4.31. The first-order chi connectivity index (χ1) is 8.44. The molecule has 2 aliphatic rings. The van der Waals surface area contributed by atoms with Crippen molar-refractivity contribution < 1.29 is 13.2 Å². The predicted molar refractivity (Wildman–Crippen MR) is 70.6 cm³/mol. The minimum atomic E-state index is -3.20. The van der Waals surface area contributed by atoms with E-state index in [0.29, 0.717) is 24.9 Å². The van der Waals surface area contributed by atoms with Gasteiger partial charge in [0.1, 0.15) is 0 Å². The summed E-state index contributed by atoms with van der Waals surface area (Å²) in [5.41, 5.74) is 6.11. The predicted octanol–water partition coefficient (Wildman–Crippen LogP) is 0.410. The minimum absolute atomic E-state index is 0.0676. The Balaban J connectivity index is 2.03. The normalized spacial score (nSPS) is 35.4. The third kappa shape index (κ3) is 2.87. The van der Waals surface area contributed by atoms with Gasteiger partial charge in [-0.3, -0.25) is 0 Å². The van der Waals surface area contributed by atoms with Gasteiger partial charge in [-0.2, -0.15) is 0 Å². The number of hydrogen-bond acceptors (Lipinski definition) is 4. The molecular weight excluding hydrogens is 252 g/mol. The van der Waals surface area contributed by atoms with Gasteiger partial charge in [-0.25, -0.2) is 12.7 Å². The first-order valence-corrected chi connectivity index (χ1v) is 8.31. The fourth-order valence-electron chi connectivity index (χ4n) is 3.17. The van der Waals surface area contributed by atoms with Crippen LogP contribution in [0.25, 0.3) is 0 Å². The zero-order valence-electron chi connectivity index (χ0n) is 11.2. The number of nitrogens with zero attached hydrogens (tertiary/aromatic N) is 1. The van der Waals surface area contributed by atoms with Crippen LogP contribution in [0.5, 0.6) is 0 Å². The van der Waals surface area contributed by atoms with Gasteiger partial charge in [-0.15, -0.1) is 0 Å². The molecule has 1 saturated carbocycles. The van der Waals surface area contributed by atoms with Crippen molar-refractivity contribution in [2.24, 2.45) is 17.6 Å². The molecule has 2 rings (SSSR count). The van der Waals surface area contributed by atoms with Crippen LogP contribution in [0.15, 0.2) is 0 Å². The van der Waals surface area contributed by atoms with E-state index in [0.717, 1.165) is 19.3 Å². The number of ether oxygens (including phenoxy) is 1. The van der Waals surface area contributed by atoms with Gasteiger partial charge in [0, 0.05) is 26.2 Å². The van der Waals surface area contributed by atoms with E-state index >= 15 is 0 Å². The van der Waals surface area contributed by atoms with E-state index in [-0.39, 0.29) is 17.9 Å². The monoisotopic (exact) mass is 276 g/mol. The fourth-order valence-corrected chi connectivity index (χ4v) is 4.93. The van der Waals surface area contributed by atoms with Crippen molar-refractivity contribution in [3.05, 3.63) is 0 Å². The summed E-state index contributed by atoms with van der Waals surface area (Å²) < 4.78 is 31.2. The van der Waals surface area contributed by atoms with E-state index in [4.69, 9.17) is 10.5 Å². The molecule has 1 heterocycles. The Morgan fingerprint density at radius 2 is 2.11 bits per heavy atom. The number of sulfonamides is 1. The van der Waals surface area contributed by atoms with Crippen LogP contribution >= 0.6 is 0 Å². The van der Waals surface area contributed by atoms with Gasteiger partial charge >= 0.3 is 0 Å². The number of rotatable bonds is 4. The summed E-state index contributed by atoms with van der Waals surface area (Å²) in [4.78, 5) is 0. The third-order valence-corrected chi connectivity index (χ3v) is 6.34. The molecular formula is C12H24N2O3S. The summed E-state index contributed by atoms with van der Waals surface area (Å²) in [6, 6.07) is 0.170. The lowest BCUT2D eigenvalue weighted by Gasteiger charge is -2.29. The second-order valence-electron chi connectivity index (χ2n) is 5.66. The van der Waals surface area contributed by atoms with E-state index in [1.54, 1.807) is 18.3 Å². The summed E-state index contributed by atoms with van der Waals surface area (Å²) in [5.74, 6) is 0.880. The number of methoxy groups -OCH3 is 1. The molecule has 4 atom stereocenters. The lowest BCUT2D eigenvalue weighted by Crippen LogP contribution is -2.39. The minimum Gasteiger partial charge on any atom is -0.381 e. The topological polar surface area (TPSA) is 72.6 Å². The summed E-state index contributed by atoms with van der Waals surface area (Å²) >= 11 is 0. The molecule has 5 nitrogen and oxygen atoms in total. The molecule has 2 fully saturated rings. The summed E-state index contributed by atoms with van der Waals surface area (Å²) in [6.45, 7) is 3.04. The van der Waals surface area contributed by atoms with Gasteiger partial charge in [0.15, 0.2) is 0 Å². The number of nitrogens with two attached hydrogens (primary N) is 1. The van der Waals surface area contributed by atoms with E-state index in [9.17, 15) is 8.42 Å². The van der Waals surface area contributed by atoms with E-state index in [1.165, 1.54) is 0 Å². The molecule has 4 unspecified atom stereocenters. The van der Waals surface area contributed by atoms with Crippen molar-refractivity contribution in [2.45, 2.75) is 38.3 Å². The van der Waals surface area contributed by atoms with Crippen molar-refractivity contribution in [2.75, 3.05) is 26.0 Å². The van der Waals surface area contributed by atoms with Crippen LogP contribution in [-0.2, 0) is 14.8 Å². The lowest BCUT2D eigenvalue weighted by molar-refractivity contribution is 0.135. The third-order valence-electron chi connectivity index (χ3n) is 4.36. The molecule has 1 aliphatic heterocycles. The molecule has 106 valence electrons. The molecule has 0 amide bonds. The molecule has 0 bridgehead atoms. The highest BCUT2D eigenvalue weighted by molar-refractivity contribution is 7.89. The zero-order chi connectivity index (χ0) is 13.3. The first-order valence-electron chi connectivity index (χ1n) is 6.70. The van der Waals surface area contributed by atoms with Crippen LogP contribution < -0.4 is 5.73 Å². The van der Waals surface area contributed by atoms with Crippen molar-refractivity contribution >= 4 is 10.0 Å². The van der Waals surface area contributed by atoms with Crippen LogP contribution in [0.2, 0.25) is 0 Å². The summed E-state index contributed by atoms with van der Waals surface area (Å²) in [6.07, 6.45) is 3.02. The zero-order valence-corrected chi connectivity index (χ0v) is 12.0. The van der Waals surface area contributed by atoms with Gasteiger partial charge in [-0.05, 0) is 31.6 Å². The van der Waals surface area contributed by atoms with Crippen LogP contribution in [0.1, 0.15) is 26.2 Å². The van der Waals surface area contributed by atoms with Gasteiger partial charge < -0.3 is 10.5 Å². The van der Waals surface area contributed by atoms with E-state index in [2.05, 4.69) is 0 Å². The number of hydrogen-bond donors (Lipinski definition) is 1. The molecule has 0 aromatic carbocycles. The quantitative estimate of drug-likeness (QED) is 0.807. The van der Waals surface area contributed by atoms with E-state index < -0.39 is 10.0 Å². The molecule has 0 radical (unpaired) electrons. The molecule has 18 heavy (non-hydrogen) atoms. The second kappa shape index (κ2) is 5.45. The van der Waals surface area contributed by atoms with Crippen LogP contribution in [0.4, 0.5) is 0 Å². The van der Waals surface area contributed by atoms with Crippen molar-refractivity contribution in [1.29, 1.82) is 0 Å². The van der Waals surface area contributed by atoms with Crippen molar-refractivity contribution in [1.82, 2.24) is 4.31 Å². The molecule has 0 aromatic rings. The van der Waals surface area contributed by atoms with Gasteiger partial charge in [0.05, 0.1) is 11.9 Å². The molecule has 6 heteroatoms. The van der Waals surface area contributed by atoms with Crippen molar-refractivity contribution in [3.8, 4) is 0 Å². The maximum Gasteiger partial charge on any atom is 0.216 e. The molecule has 1 saturated heterocycles. The van der Waals surface area contributed by atoms with Crippen LogP contribution in [0, 0.1) is 11.8 Å². The SMILES string of the molecule is COC(C)CS(=O)(=O)N1CC2CCCC(N)C2C1. The second-order valence-corrected chi connectivity index (χ2v) is 7.67. The van der Waals surface area contributed by atoms with Crippen molar-refractivity contribution in [3.63, 3.8) is 0 Å². The smallest absolute Gasteiger partial charge is 0.216 e. The lowest BCUT2D eigenvalue weighted by atomic mass is 9.78. The van der Waals surface area contributed by atoms with E-state index in [1.807, 2.05) is 0 Å². The van der Waals surface area contributed by atoms with Crippen LogP contribution in [0.3, 0.4) is 0 Å². The maximum absolute atomic E-state index is 12.3. The Hall–Kier alpha value is -0.170. The molecule has 0 spiro atoms. The van der Waals surface area contributed by atoms with Gasteiger partial charge in [-0.1, -0.05) is 6.42 Å². The van der Waals surface area contributed by atoms with Gasteiger partial charge in [0.25, 0.3) is 0 Å². The average molecular weight is 276 g/mol. The summed E-state index contributed by atoms with van der Waals surface area (Å²) in [7, 11) is -1.66. The van der Waals surface area contributed by atoms with Crippen LogP contribution in [-0.4, -0.2) is 50.8 Å². The Labute approximate surface area is 110 Å². The Bertz CT molecular complexity index is 385. The fraction of sp³-hybridized carbons (Fsp3) is 1.00. The Morgan fingerprint density at radius 1 is 1.39 bits per heavy atom. The first kappa shape index (κ1) is 14.2. The van der Waals surface area contributed by atoms with Gasteiger partial charge in [0.2, 0.25) is 10.0 Å². The Morgan fingerprint density at radius 3 is 2.72 bits per heavy atom. The standard InChI is InChI=1S/C12H24N2O3S/c1-9(17-2)8-18(15,16)14-6-10-4-3-5-12(13)11(10)7-14/h9-12H,3-8,13H2,1-2H3. The molecule has 1 aliphatic carbocycles. The molecule has 2 N–H and O–H groups in total. The highest BCUT2D eigenvalue weighted by Crippen LogP contribution is 2.36.